The van der Waals surface area contributed by atoms with Gasteiger partial charge in [0.2, 0.25) is 23.6 Å². The lowest BCUT2D eigenvalue weighted by molar-refractivity contribution is -0.123. The highest BCUT2D eigenvalue weighted by molar-refractivity contribution is 6.32. The van der Waals surface area contributed by atoms with E-state index in [9.17, 15) is 55.2 Å². The predicted molar refractivity (Wildman–Crippen MR) is 426 cm³/mol. The fourth-order valence-electron chi connectivity index (χ4n) is 14.0. The summed E-state index contributed by atoms with van der Waals surface area (Å²) in [7, 11) is 0. The monoisotopic (exact) mass is 1680 g/mol. The minimum Gasteiger partial charge on any atom is -0.355 e. The molecular formula is C76H76Cl4F7N25O4. The van der Waals surface area contributed by atoms with Gasteiger partial charge in [-0.15, -0.1) is 0 Å². The third-order valence-corrected chi connectivity index (χ3v) is 20.0. The molecule has 4 aliphatic heterocycles. The van der Waals surface area contributed by atoms with Crippen molar-refractivity contribution in [2.75, 3.05) is 72.1 Å². The second kappa shape index (κ2) is 37.3. The van der Waals surface area contributed by atoms with Crippen LogP contribution in [0.25, 0.3) is 89.7 Å². The zero-order valence-electron chi connectivity index (χ0n) is 61.4. The first kappa shape index (κ1) is 83.7. The van der Waals surface area contributed by atoms with Crippen molar-refractivity contribution in [1.82, 2.24) is 101 Å². The van der Waals surface area contributed by atoms with Crippen molar-refractivity contribution in [2.45, 2.75) is 122 Å². The van der Waals surface area contributed by atoms with Crippen molar-refractivity contribution < 1.29 is 49.9 Å². The number of anilines is 4. The molecule has 0 unspecified atom stereocenters. The summed E-state index contributed by atoms with van der Waals surface area (Å²) in [6.45, 7) is 5.80. The Hall–Kier alpha value is -11.7. The van der Waals surface area contributed by atoms with Crippen LogP contribution in [-0.4, -0.2) is 205 Å². The van der Waals surface area contributed by atoms with Gasteiger partial charge in [0.15, 0.2) is 58.2 Å². The molecule has 0 aliphatic carbocycles. The van der Waals surface area contributed by atoms with Gasteiger partial charge in [-0.3, -0.25) is 19.2 Å². The highest BCUT2D eigenvalue weighted by Gasteiger charge is 2.43. The first-order valence-corrected chi connectivity index (χ1v) is 38.1. The number of nitrogens with zero attached hydrogens (tertiary/aromatic N) is 17. The van der Waals surface area contributed by atoms with Gasteiger partial charge < -0.3 is 60.8 Å². The number of pyridine rings is 4. The van der Waals surface area contributed by atoms with Crippen LogP contribution >= 0.6 is 46.4 Å². The number of fused-ring (bicyclic) bond motifs is 4. The fraction of sp³-hybridized carbons (Fsp3) is 0.355. The molecule has 4 fully saturated rings. The first-order valence-electron chi connectivity index (χ1n) is 36.5. The molecule has 12 aromatic rings. The van der Waals surface area contributed by atoms with Crippen molar-refractivity contribution in [2.24, 2.45) is 0 Å². The van der Waals surface area contributed by atoms with Crippen LogP contribution in [0.15, 0.2) is 105 Å². The van der Waals surface area contributed by atoms with Crippen LogP contribution < -0.4 is 40.9 Å². The number of carbonyl (C=O) groups is 4. The summed E-state index contributed by atoms with van der Waals surface area (Å²) in [4.78, 5) is 118. The number of nitrogens with one attached hydrogen (secondary N) is 8. The number of halogens is 11. The van der Waals surface area contributed by atoms with Crippen molar-refractivity contribution in [3.05, 3.63) is 142 Å². The van der Waals surface area contributed by atoms with E-state index in [1.54, 1.807) is 79.3 Å². The second-order valence-corrected chi connectivity index (χ2v) is 28.7. The van der Waals surface area contributed by atoms with Gasteiger partial charge in [-0.1, -0.05) is 67.7 Å². The molecule has 4 saturated heterocycles. The van der Waals surface area contributed by atoms with Gasteiger partial charge in [0.05, 0.1) is 64.4 Å². The molecule has 40 heteroatoms. The number of aromatic amines is 4. The number of aromatic nitrogens is 16. The average Bonchev–Trinajstić information content (AvgIpc) is 1.62. The van der Waals surface area contributed by atoms with E-state index in [0.29, 0.717) is 120 Å². The van der Waals surface area contributed by atoms with Crippen molar-refractivity contribution in [1.29, 1.82) is 5.26 Å². The number of carbonyl (C=O) groups excluding carboxylic acids is 4. The van der Waals surface area contributed by atoms with Crippen molar-refractivity contribution in [3.63, 3.8) is 0 Å². The number of alkyl halides is 4. The lowest BCUT2D eigenvalue weighted by atomic mass is 10.2. The van der Waals surface area contributed by atoms with E-state index in [1.165, 1.54) is 33.3 Å². The van der Waals surface area contributed by atoms with Crippen LogP contribution in [0.1, 0.15) is 73.1 Å². The summed E-state index contributed by atoms with van der Waals surface area (Å²) in [5, 5.41) is 24.9. The van der Waals surface area contributed by atoms with Crippen LogP contribution in [0, 0.1) is 28.8 Å². The smallest absolute Gasteiger partial charge is 0.242 e. The van der Waals surface area contributed by atoms with Crippen LogP contribution in [-0.2, 0) is 19.2 Å². The van der Waals surface area contributed by atoms with Gasteiger partial charge in [-0.2, -0.15) is 5.26 Å². The summed E-state index contributed by atoms with van der Waals surface area (Å²) in [5.41, 5.74) is 4.86. The van der Waals surface area contributed by atoms with Crippen molar-refractivity contribution in [3.8, 4) is 51.6 Å². The molecule has 12 aromatic heterocycles. The van der Waals surface area contributed by atoms with Crippen LogP contribution in [0.2, 0.25) is 20.1 Å². The molecule has 8 atom stereocenters. The van der Waals surface area contributed by atoms with Gasteiger partial charge in [-0.25, -0.2) is 90.5 Å². The Morgan fingerprint density at radius 3 is 1.15 bits per heavy atom. The number of amides is 4. The number of hydrogen-bond acceptors (Lipinski definition) is 21. The van der Waals surface area contributed by atoms with E-state index in [1.807, 2.05) is 13.8 Å². The molecule has 16 heterocycles. The molecule has 4 aliphatic rings. The third-order valence-electron chi connectivity index (χ3n) is 19.2. The third kappa shape index (κ3) is 18.3. The minimum absolute atomic E-state index is 0. The zero-order chi connectivity index (χ0) is 81.3. The normalized spacial score (nSPS) is 18.9. The Labute approximate surface area is 677 Å². The SMILES string of the molecule is C.CCCNC(=O)[C@H]1CC[C@H](C#N)N1c1ccnc(-c2c[nH]c3ncc(Cl)cc23)n1.CCCNC(=O)[C@H]1C[C@H](F)CN1c1nc(-c2c[nH]c3ncc(Cl)cc23)ncc1F.CCNC(=O)[C@H]1C[C@H](F)CN1c1nc(-c2c[nH]c3ncc(Cl)cc23)ncc1F.O=C(NCCF)[C@H]1C[C@H](F)CN1c1nc(-c2c[nH]c3ncc(Cl)cc23)ncc1F. The average molecular weight is 1680 g/mol. The maximum Gasteiger partial charge on any atom is 0.242 e. The largest absolute Gasteiger partial charge is 0.355 e. The number of H-pyrrole nitrogens is 4. The van der Waals surface area contributed by atoms with E-state index in [2.05, 4.69) is 107 Å². The van der Waals surface area contributed by atoms with E-state index < -0.39 is 78.8 Å². The molecule has 29 nitrogen and oxygen atoms in total. The molecule has 0 radical (unpaired) electrons. The maximum absolute atomic E-state index is 14.6. The molecule has 0 bridgehead atoms. The molecule has 0 spiro atoms. The summed E-state index contributed by atoms with van der Waals surface area (Å²) >= 11 is 24.2. The van der Waals surface area contributed by atoms with Gasteiger partial charge in [0.1, 0.15) is 83.8 Å². The molecule has 4 amide bonds. The summed E-state index contributed by atoms with van der Waals surface area (Å²) < 4.78 is 98.3. The van der Waals surface area contributed by atoms with Gasteiger partial charge in [0.25, 0.3) is 0 Å². The quantitative estimate of drug-likeness (QED) is 0.0349. The van der Waals surface area contributed by atoms with Crippen LogP contribution in [0.3, 0.4) is 0 Å². The fourth-order valence-corrected chi connectivity index (χ4v) is 14.6. The highest BCUT2D eigenvalue weighted by Crippen LogP contribution is 2.38. The molecule has 0 aromatic carbocycles. The summed E-state index contributed by atoms with van der Waals surface area (Å²) in [6, 6.07) is 7.44. The van der Waals surface area contributed by atoms with E-state index in [4.69, 9.17) is 46.4 Å². The zero-order valence-corrected chi connectivity index (χ0v) is 64.5. The first-order chi connectivity index (χ1) is 55.5. The standard InChI is InChI=1S/C20H20ClN7O.C19H19ClF2N6O.C18H16ClF3N6O.C18H17ClF2N6O.CH4/c1-2-6-24-20(29)16-4-3-13(9-22)28(16)17-5-7-23-19(27-17)15-11-26-18-14(15)8-12(21)10-25-18;1-2-3-23-19(29)15-5-11(21)9-28(15)18-14(22)8-26-17(27-18)13-7-25-16-12(13)4-10(20)6-24-16;19-9-3-11-12(6-25-15(11)24-5-9)16-26-7-13(22)17(27-16)28-8-10(21)4-14(28)18(29)23-2-1-20;1-2-22-18(28)14-4-10(20)8-27(14)17-13(21)7-25-16(26-17)12-6-24-15-11(12)3-9(19)5-23-15;/h5,7-8,10-11,13,16H,2-4,6H2,1H3,(H,24,29)(H,25,26);4,6-8,11,15H,2-3,5,9H2,1H3,(H,23,29)(H,24,25);3,5-7,10,14H,1-2,4,8H2,(H,23,29)(H,24,25);3,5-7,10,14H,2,4,8H2,1H3,(H,22,28)(H,23,24);1H4/t13-,16-;11-,15+;2*10-,14+;/m1000./s1. The second-order valence-electron chi connectivity index (χ2n) is 26.9. The Morgan fingerprint density at radius 2 is 0.810 bits per heavy atom. The maximum atomic E-state index is 14.6. The Balaban J connectivity index is 0.000000142. The van der Waals surface area contributed by atoms with Crippen LogP contribution in [0.4, 0.5) is 54.0 Å². The predicted octanol–water partition coefficient (Wildman–Crippen LogP) is 12.6. The number of likely N-dealkylation sites (N-methyl/N-ethyl adjacent to an activating group) is 1. The number of nitriles is 1. The number of rotatable bonds is 19. The van der Waals surface area contributed by atoms with Gasteiger partial charge in [-0.05, 0) is 62.9 Å². The van der Waals surface area contributed by atoms with E-state index in [0.717, 1.165) is 42.4 Å². The summed E-state index contributed by atoms with van der Waals surface area (Å²) in [5.74, 6) is -2.32. The van der Waals surface area contributed by atoms with Gasteiger partial charge >= 0.3 is 0 Å². The number of hydrogen-bond donors (Lipinski definition) is 8. The van der Waals surface area contributed by atoms with E-state index >= 15 is 0 Å². The lowest BCUT2D eigenvalue weighted by Crippen LogP contribution is -2.46. The molecular weight excluding hydrogens is 1600 g/mol. The Morgan fingerprint density at radius 1 is 0.474 bits per heavy atom. The summed E-state index contributed by atoms with van der Waals surface area (Å²) in [6.07, 6.45) is 16.2. The Bertz CT molecular complexity index is 5440. The van der Waals surface area contributed by atoms with E-state index in [-0.39, 0.29) is 106 Å². The molecule has 8 N–H and O–H groups in total. The molecule has 606 valence electrons. The lowest BCUT2D eigenvalue weighted by Gasteiger charge is -2.27. The topological polar surface area (TPSA) is 371 Å². The molecule has 0 saturated carbocycles. The minimum atomic E-state index is -1.34. The molecule has 16 rings (SSSR count). The highest BCUT2D eigenvalue weighted by atomic mass is 35.5. The Kier molecular flexibility index (Phi) is 26.9. The van der Waals surface area contributed by atoms with Crippen LogP contribution in [0.5, 0.6) is 0 Å². The van der Waals surface area contributed by atoms with Gasteiger partial charge in [0, 0.05) is 145 Å². The molecule has 116 heavy (non-hydrogen) atoms. The van der Waals surface area contributed by atoms with Crippen molar-refractivity contribution >= 4 is 137 Å².